The van der Waals surface area contributed by atoms with Crippen LogP contribution in [-0.2, 0) is 6.54 Å². The number of fused-ring (bicyclic) bond motifs is 1. The molecule has 1 N–H and O–H groups in total. The number of halogens is 1. The van der Waals surface area contributed by atoms with Crippen LogP contribution >= 0.6 is 0 Å². The fourth-order valence-electron chi connectivity index (χ4n) is 3.70. The molecule has 3 rings (SSSR count). The smallest absolute Gasteiger partial charge is 0.169 e. The zero-order valence-electron chi connectivity index (χ0n) is 18.8. The van der Waals surface area contributed by atoms with Crippen LogP contribution in [0.25, 0.3) is 23.2 Å². The molecule has 0 unspecified atom stereocenters. The minimum atomic E-state index is 0. The SMILES string of the molecule is CCCCCCCCCC[n+]1ccc(/C=C/c2nc3cc(C)c(C)cc3[nH]2)cc1.[Br-]. The van der Waals surface area contributed by atoms with Gasteiger partial charge in [-0.25, -0.2) is 9.55 Å². The Morgan fingerprint density at radius 3 is 2.20 bits per heavy atom. The van der Waals surface area contributed by atoms with Crippen molar-refractivity contribution in [2.24, 2.45) is 0 Å². The molecular weight excluding hydrogens is 434 g/mol. The molecule has 1 aromatic carbocycles. The normalized spacial score (nSPS) is 11.3. The second-order valence-electron chi connectivity index (χ2n) is 8.25. The molecular formula is C26H36BrN3. The molecule has 0 fully saturated rings. The lowest BCUT2D eigenvalue weighted by Gasteiger charge is -2.00. The van der Waals surface area contributed by atoms with Gasteiger partial charge in [0, 0.05) is 18.6 Å². The Balaban J connectivity index is 0.00000320. The van der Waals surface area contributed by atoms with E-state index in [1.54, 1.807) is 0 Å². The zero-order chi connectivity index (χ0) is 20.5. The maximum absolute atomic E-state index is 4.68. The van der Waals surface area contributed by atoms with Gasteiger partial charge in [-0.2, -0.15) is 0 Å². The number of H-pyrrole nitrogens is 1. The Morgan fingerprint density at radius 2 is 1.50 bits per heavy atom. The van der Waals surface area contributed by atoms with E-state index in [2.05, 4.69) is 84.1 Å². The lowest BCUT2D eigenvalue weighted by Crippen LogP contribution is -3.00. The third-order valence-corrected chi connectivity index (χ3v) is 5.74. The number of pyridine rings is 1. The highest BCUT2D eigenvalue weighted by atomic mass is 79.9. The number of aryl methyl sites for hydroxylation is 3. The van der Waals surface area contributed by atoms with Crippen LogP contribution < -0.4 is 21.5 Å². The van der Waals surface area contributed by atoms with Gasteiger partial charge in [-0.05, 0) is 55.2 Å². The van der Waals surface area contributed by atoms with Gasteiger partial charge in [0.2, 0.25) is 0 Å². The molecule has 0 aliphatic rings. The largest absolute Gasteiger partial charge is 1.00 e. The Kier molecular flexibility index (Phi) is 10.3. The summed E-state index contributed by atoms with van der Waals surface area (Å²) in [5.41, 5.74) is 5.91. The summed E-state index contributed by atoms with van der Waals surface area (Å²) in [4.78, 5) is 8.08. The van der Waals surface area contributed by atoms with E-state index in [9.17, 15) is 0 Å². The van der Waals surface area contributed by atoms with Crippen molar-refractivity contribution in [1.82, 2.24) is 9.97 Å². The van der Waals surface area contributed by atoms with Gasteiger partial charge in [0.15, 0.2) is 12.4 Å². The van der Waals surface area contributed by atoms with Crippen molar-refractivity contribution in [2.45, 2.75) is 78.7 Å². The minimum absolute atomic E-state index is 0. The van der Waals surface area contributed by atoms with E-state index in [0.29, 0.717) is 0 Å². The molecule has 2 aromatic heterocycles. The molecule has 0 bridgehead atoms. The standard InChI is InChI=1S/C26H35N3.BrH/c1-4-5-6-7-8-9-10-11-16-29-17-14-23(15-18-29)12-13-26-27-24-19-21(2)22(3)20-25(24)28-26;/h12-15,17-20H,4-11,16H2,1-3H3;1H. The molecule has 0 atom stereocenters. The molecule has 0 aliphatic carbocycles. The van der Waals surface area contributed by atoms with Crippen LogP contribution in [0.15, 0.2) is 36.7 Å². The number of hydrogen-bond acceptors (Lipinski definition) is 1. The van der Waals surface area contributed by atoms with E-state index in [4.69, 9.17) is 0 Å². The molecule has 0 spiro atoms. The monoisotopic (exact) mass is 469 g/mol. The first-order chi connectivity index (χ1) is 14.2. The summed E-state index contributed by atoms with van der Waals surface area (Å²) in [5.74, 6) is 0.903. The number of benzene rings is 1. The number of hydrogen-bond donors (Lipinski definition) is 1. The van der Waals surface area contributed by atoms with Crippen LogP contribution in [0.3, 0.4) is 0 Å². The van der Waals surface area contributed by atoms with Gasteiger partial charge >= 0.3 is 0 Å². The van der Waals surface area contributed by atoms with Crippen LogP contribution in [0.4, 0.5) is 0 Å². The van der Waals surface area contributed by atoms with Crippen molar-refractivity contribution in [2.75, 3.05) is 0 Å². The lowest BCUT2D eigenvalue weighted by atomic mass is 10.1. The Bertz CT molecular complexity index is 886. The highest BCUT2D eigenvalue weighted by molar-refractivity contribution is 5.80. The number of nitrogens with one attached hydrogen (secondary N) is 1. The average molecular weight is 470 g/mol. The first-order valence-electron chi connectivity index (χ1n) is 11.3. The van der Waals surface area contributed by atoms with E-state index in [0.717, 1.165) is 23.4 Å². The fourth-order valence-corrected chi connectivity index (χ4v) is 3.70. The van der Waals surface area contributed by atoms with Crippen molar-refractivity contribution in [3.8, 4) is 0 Å². The lowest BCUT2D eigenvalue weighted by molar-refractivity contribution is -0.697. The zero-order valence-corrected chi connectivity index (χ0v) is 20.3. The van der Waals surface area contributed by atoms with Gasteiger partial charge in [-0.3, -0.25) is 0 Å². The Hall–Kier alpha value is -1.94. The van der Waals surface area contributed by atoms with Crippen molar-refractivity contribution in [1.29, 1.82) is 0 Å². The minimum Gasteiger partial charge on any atom is -1.00 e. The molecule has 30 heavy (non-hydrogen) atoms. The second-order valence-corrected chi connectivity index (χ2v) is 8.25. The van der Waals surface area contributed by atoms with Crippen molar-refractivity contribution >= 4 is 23.2 Å². The Morgan fingerprint density at radius 1 is 0.867 bits per heavy atom. The molecule has 4 heteroatoms. The highest BCUT2D eigenvalue weighted by Gasteiger charge is 2.04. The van der Waals surface area contributed by atoms with Crippen molar-refractivity contribution in [3.63, 3.8) is 0 Å². The summed E-state index contributed by atoms with van der Waals surface area (Å²) in [5, 5.41) is 0. The van der Waals surface area contributed by atoms with Crippen molar-refractivity contribution in [3.05, 3.63) is 59.2 Å². The van der Waals surface area contributed by atoms with E-state index in [-0.39, 0.29) is 17.0 Å². The van der Waals surface area contributed by atoms with Crippen LogP contribution in [0, 0.1) is 13.8 Å². The fraction of sp³-hybridized carbons (Fsp3) is 0.462. The Labute approximate surface area is 192 Å². The predicted molar refractivity (Wildman–Crippen MR) is 124 cm³/mol. The van der Waals surface area contributed by atoms with Gasteiger partial charge in [0.25, 0.3) is 0 Å². The number of rotatable bonds is 11. The summed E-state index contributed by atoms with van der Waals surface area (Å²) < 4.78 is 2.29. The maximum Gasteiger partial charge on any atom is 0.169 e. The van der Waals surface area contributed by atoms with Crippen LogP contribution in [0.5, 0.6) is 0 Å². The molecule has 0 radical (unpaired) electrons. The van der Waals surface area contributed by atoms with Crippen molar-refractivity contribution < 1.29 is 21.5 Å². The number of aromatic nitrogens is 3. The molecule has 0 aliphatic heterocycles. The van der Waals surface area contributed by atoms with Crippen LogP contribution in [-0.4, -0.2) is 9.97 Å². The summed E-state index contributed by atoms with van der Waals surface area (Å²) in [6.07, 6.45) is 19.5. The number of unbranched alkanes of at least 4 members (excludes halogenated alkanes) is 7. The van der Waals surface area contributed by atoms with Crippen LogP contribution in [0.1, 0.15) is 80.8 Å². The molecule has 0 saturated heterocycles. The maximum atomic E-state index is 4.68. The number of aromatic amines is 1. The summed E-state index contributed by atoms with van der Waals surface area (Å²) in [6.45, 7) is 7.66. The van der Waals surface area contributed by atoms with Gasteiger partial charge in [0.1, 0.15) is 12.4 Å². The third kappa shape index (κ3) is 7.39. The molecule has 0 saturated carbocycles. The molecule has 3 nitrogen and oxygen atoms in total. The van der Waals surface area contributed by atoms with E-state index < -0.39 is 0 Å². The summed E-state index contributed by atoms with van der Waals surface area (Å²) >= 11 is 0. The number of nitrogens with zero attached hydrogens (tertiary/aromatic N) is 2. The van der Waals surface area contributed by atoms with E-state index in [1.165, 1.54) is 68.1 Å². The number of imidazole rings is 1. The van der Waals surface area contributed by atoms with Gasteiger partial charge < -0.3 is 22.0 Å². The first kappa shape index (κ1) is 24.3. The summed E-state index contributed by atoms with van der Waals surface area (Å²) in [6, 6.07) is 8.68. The predicted octanol–water partition coefficient (Wildman–Crippen LogP) is 3.78. The topological polar surface area (TPSA) is 32.6 Å². The van der Waals surface area contributed by atoms with Gasteiger partial charge in [-0.15, -0.1) is 0 Å². The third-order valence-electron chi connectivity index (χ3n) is 5.74. The second kappa shape index (κ2) is 12.7. The summed E-state index contributed by atoms with van der Waals surface area (Å²) in [7, 11) is 0. The molecule has 162 valence electrons. The van der Waals surface area contributed by atoms with E-state index >= 15 is 0 Å². The molecule has 0 amide bonds. The molecule has 2 heterocycles. The van der Waals surface area contributed by atoms with Gasteiger partial charge in [-0.1, -0.05) is 51.5 Å². The average Bonchev–Trinajstić information content (AvgIpc) is 3.11. The van der Waals surface area contributed by atoms with Crippen LogP contribution in [0.2, 0.25) is 0 Å². The van der Waals surface area contributed by atoms with Gasteiger partial charge in [0.05, 0.1) is 11.0 Å². The highest BCUT2D eigenvalue weighted by Crippen LogP contribution is 2.18. The first-order valence-corrected chi connectivity index (χ1v) is 11.3. The van der Waals surface area contributed by atoms with E-state index in [1.807, 2.05) is 0 Å². The quantitative estimate of drug-likeness (QED) is 0.336. The molecule has 3 aromatic rings.